The number of amides is 1. The summed E-state index contributed by atoms with van der Waals surface area (Å²) in [5, 5.41) is 3.11. The Balaban J connectivity index is 1.92. The number of nitrogens with zero attached hydrogens (tertiary/aromatic N) is 1. The molecule has 0 bridgehead atoms. The molecule has 0 atom stereocenters. The normalized spacial score (nSPS) is 16.3. The number of rotatable bonds is 8. The Labute approximate surface area is 110 Å². The molecule has 0 saturated carbocycles. The minimum Gasteiger partial charge on any atom is -0.380 e. The van der Waals surface area contributed by atoms with E-state index in [1.165, 1.54) is 0 Å². The fourth-order valence-electron chi connectivity index (χ4n) is 1.69. The van der Waals surface area contributed by atoms with Crippen molar-refractivity contribution in [3.8, 4) is 0 Å². The molecule has 0 unspecified atom stereocenters. The summed E-state index contributed by atoms with van der Waals surface area (Å²) in [6.07, 6.45) is 1.09. The van der Waals surface area contributed by atoms with Crippen molar-refractivity contribution < 1.29 is 14.3 Å². The van der Waals surface area contributed by atoms with Gasteiger partial charge >= 0.3 is 0 Å². The fourth-order valence-corrected chi connectivity index (χ4v) is 1.69. The van der Waals surface area contributed by atoms with Crippen LogP contribution in [0.3, 0.4) is 0 Å². The van der Waals surface area contributed by atoms with Crippen LogP contribution in [0.2, 0.25) is 0 Å². The molecule has 1 aliphatic rings. The van der Waals surface area contributed by atoms with Crippen LogP contribution in [0.4, 0.5) is 0 Å². The summed E-state index contributed by atoms with van der Waals surface area (Å²) >= 11 is 0. The third kappa shape index (κ3) is 6.93. The molecule has 0 aromatic carbocycles. The Morgan fingerprint density at radius 1 is 1.33 bits per heavy atom. The average Bonchev–Trinajstić information content (AvgIpc) is 2.38. The zero-order chi connectivity index (χ0) is 13.2. The van der Waals surface area contributed by atoms with Gasteiger partial charge in [-0.05, 0) is 12.3 Å². The lowest BCUT2D eigenvalue weighted by Crippen LogP contribution is -2.45. The Bertz CT molecular complexity index is 228. The van der Waals surface area contributed by atoms with E-state index < -0.39 is 0 Å². The van der Waals surface area contributed by atoms with Crippen molar-refractivity contribution in [3.05, 3.63) is 0 Å². The number of morpholine rings is 1. The number of hydrogen-bond acceptors (Lipinski definition) is 4. The molecule has 1 rings (SSSR count). The number of hydrogen-bond donors (Lipinski definition) is 1. The van der Waals surface area contributed by atoms with Crippen molar-refractivity contribution in [1.82, 2.24) is 10.2 Å². The van der Waals surface area contributed by atoms with Crippen molar-refractivity contribution in [1.29, 1.82) is 0 Å². The minimum absolute atomic E-state index is 0.153. The molecule has 18 heavy (non-hydrogen) atoms. The second kappa shape index (κ2) is 9.30. The summed E-state index contributed by atoms with van der Waals surface area (Å²) < 4.78 is 10.7. The van der Waals surface area contributed by atoms with E-state index in [9.17, 15) is 4.79 Å². The summed E-state index contributed by atoms with van der Waals surface area (Å²) in [5.41, 5.74) is 0. The molecule has 1 N–H and O–H groups in total. The Morgan fingerprint density at radius 2 is 2.06 bits per heavy atom. The maximum Gasteiger partial charge on any atom is 0.236 e. The maximum atomic E-state index is 11.7. The summed E-state index contributed by atoms with van der Waals surface area (Å²) in [6.45, 7) is 9.71. The van der Waals surface area contributed by atoms with E-state index in [2.05, 4.69) is 19.2 Å². The molecule has 0 aromatic rings. The van der Waals surface area contributed by atoms with Gasteiger partial charge in [0.2, 0.25) is 5.91 Å². The first-order valence-corrected chi connectivity index (χ1v) is 6.84. The van der Waals surface area contributed by atoms with Crippen LogP contribution in [-0.4, -0.2) is 63.4 Å². The van der Waals surface area contributed by atoms with Gasteiger partial charge in [0.05, 0.1) is 26.4 Å². The van der Waals surface area contributed by atoms with Crippen LogP contribution >= 0.6 is 0 Å². The first-order valence-electron chi connectivity index (χ1n) is 6.84. The highest BCUT2D eigenvalue weighted by Crippen LogP contribution is 1.98. The smallest absolute Gasteiger partial charge is 0.236 e. The molecule has 1 heterocycles. The Morgan fingerprint density at radius 3 is 2.72 bits per heavy atom. The lowest BCUT2D eigenvalue weighted by molar-refractivity contribution is -0.134. The molecular formula is C13H26N2O3. The van der Waals surface area contributed by atoms with Gasteiger partial charge in [0.1, 0.15) is 0 Å². The molecule has 0 spiro atoms. The molecule has 5 heteroatoms. The standard InChI is InChI=1S/C13H26N2O3/c1-12(2)3-7-17-8-4-14-11-13(16)15-5-9-18-10-6-15/h12,14H,3-11H2,1-2H3. The molecular weight excluding hydrogens is 232 g/mol. The van der Waals surface area contributed by atoms with Crippen molar-refractivity contribution in [2.45, 2.75) is 20.3 Å². The molecule has 106 valence electrons. The third-order valence-electron chi connectivity index (χ3n) is 2.90. The van der Waals surface area contributed by atoms with Gasteiger partial charge in [0.25, 0.3) is 0 Å². The van der Waals surface area contributed by atoms with Crippen molar-refractivity contribution in [3.63, 3.8) is 0 Å². The van der Waals surface area contributed by atoms with Crippen molar-refractivity contribution in [2.75, 3.05) is 52.6 Å². The van der Waals surface area contributed by atoms with Crippen molar-refractivity contribution >= 4 is 5.91 Å². The monoisotopic (exact) mass is 258 g/mol. The van der Waals surface area contributed by atoms with Gasteiger partial charge in [-0.3, -0.25) is 4.79 Å². The predicted molar refractivity (Wildman–Crippen MR) is 70.5 cm³/mol. The lowest BCUT2D eigenvalue weighted by Gasteiger charge is -2.26. The van der Waals surface area contributed by atoms with Crippen LogP contribution in [-0.2, 0) is 14.3 Å². The van der Waals surface area contributed by atoms with E-state index in [4.69, 9.17) is 9.47 Å². The van der Waals surface area contributed by atoms with Gasteiger partial charge in [-0.15, -0.1) is 0 Å². The number of carbonyl (C=O) groups is 1. The predicted octanol–water partition coefficient (Wildman–Crippen LogP) is 0.498. The van der Waals surface area contributed by atoms with Crippen LogP contribution in [0.25, 0.3) is 0 Å². The highest BCUT2D eigenvalue weighted by atomic mass is 16.5. The molecule has 0 aromatic heterocycles. The molecule has 0 aliphatic carbocycles. The number of nitrogens with one attached hydrogen (secondary N) is 1. The van der Waals surface area contributed by atoms with Crippen LogP contribution in [0.5, 0.6) is 0 Å². The molecule has 1 saturated heterocycles. The largest absolute Gasteiger partial charge is 0.380 e. The van der Waals surface area contributed by atoms with Gasteiger partial charge in [-0.2, -0.15) is 0 Å². The highest BCUT2D eigenvalue weighted by molar-refractivity contribution is 5.78. The summed E-state index contributed by atoms with van der Waals surface area (Å²) in [7, 11) is 0. The molecule has 1 amide bonds. The lowest BCUT2D eigenvalue weighted by atomic mass is 10.1. The van der Waals surface area contributed by atoms with E-state index >= 15 is 0 Å². The first-order chi connectivity index (χ1) is 8.70. The van der Waals surface area contributed by atoms with Crippen LogP contribution in [0.15, 0.2) is 0 Å². The van der Waals surface area contributed by atoms with Crippen LogP contribution in [0, 0.1) is 5.92 Å². The van der Waals surface area contributed by atoms with Gasteiger partial charge in [-0.25, -0.2) is 0 Å². The van der Waals surface area contributed by atoms with E-state index in [0.717, 1.165) is 19.6 Å². The van der Waals surface area contributed by atoms with E-state index in [1.807, 2.05) is 4.90 Å². The molecule has 0 radical (unpaired) electrons. The average molecular weight is 258 g/mol. The van der Waals surface area contributed by atoms with Crippen LogP contribution < -0.4 is 5.32 Å². The second-order valence-corrected chi connectivity index (χ2v) is 4.96. The third-order valence-corrected chi connectivity index (χ3v) is 2.90. The van der Waals surface area contributed by atoms with Gasteiger partial charge < -0.3 is 19.7 Å². The highest BCUT2D eigenvalue weighted by Gasteiger charge is 2.15. The topological polar surface area (TPSA) is 50.8 Å². The van der Waals surface area contributed by atoms with Gasteiger partial charge in [-0.1, -0.05) is 13.8 Å². The van der Waals surface area contributed by atoms with E-state index in [-0.39, 0.29) is 5.91 Å². The maximum absolute atomic E-state index is 11.7. The van der Waals surface area contributed by atoms with Crippen molar-refractivity contribution in [2.24, 2.45) is 5.92 Å². The van der Waals surface area contributed by atoms with Gasteiger partial charge in [0.15, 0.2) is 0 Å². The fraction of sp³-hybridized carbons (Fsp3) is 0.923. The zero-order valence-electron chi connectivity index (χ0n) is 11.6. The Hall–Kier alpha value is -0.650. The minimum atomic E-state index is 0.153. The van der Waals surface area contributed by atoms with Crippen LogP contribution in [0.1, 0.15) is 20.3 Å². The molecule has 5 nitrogen and oxygen atoms in total. The number of ether oxygens (including phenoxy) is 2. The second-order valence-electron chi connectivity index (χ2n) is 4.96. The summed E-state index contributed by atoms with van der Waals surface area (Å²) in [4.78, 5) is 13.6. The number of carbonyl (C=O) groups excluding carboxylic acids is 1. The molecule has 1 aliphatic heterocycles. The van der Waals surface area contributed by atoms with Gasteiger partial charge in [0, 0.05) is 26.2 Å². The van der Waals surface area contributed by atoms with E-state index in [1.54, 1.807) is 0 Å². The quantitative estimate of drug-likeness (QED) is 0.644. The SMILES string of the molecule is CC(C)CCOCCNCC(=O)N1CCOCC1. The zero-order valence-corrected chi connectivity index (χ0v) is 11.6. The first kappa shape index (κ1) is 15.4. The van der Waals surface area contributed by atoms with E-state index in [0.29, 0.717) is 45.4 Å². The summed E-state index contributed by atoms with van der Waals surface area (Å²) in [6, 6.07) is 0. The Kier molecular flexibility index (Phi) is 7.96. The summed E-state index contributed by atoms with van der Waals surface area (Å²) in [5.74, 6) is 0.835. The molecule has 1 fully saturated rings.